The average molecular weight is 361 g/mol. The maximum Gasteiger partial charge on any atom is 0.306 e. The van der Waals surface area contributed by atoms with E-state index >= 15 is 0 Å². The minimum atomic E-state index is -0.862. The number of carboxylic acid groups (broad SMARTS) is 1. The Morgan fingerprint density at radius 1 is 1.04 bits per heavy atom. The summed E-state index contributed by atoms with van der Waals surface area (Å²) in [6.07, 6.45) is 6.18. The first-order chi connectivity index (χ1) is 12.3. The highest BCUT2D eigenvalue weighted by molar-refractivity contribution is 5.96. The van der Waals surface area contributed by atoms with E-state index in [0.717, 1.165) is 37.7 Å². The van der Waals surface area contributed by atoms with Crippen LogP contribution >= 0.6 is 0 Å². The van der Waals surface area contributed by atoms with Crippen molar-refractivity contribution in [1.29, 1.82) is 0 Å². The van der Waals surface area contributed by atoms with Crippen LogP contribution in [0.5, 0.6) is 0 Å². The number of rotatable bonds is 12. The number of benzene rings is 1. The third kappa shape index (κ3) is 8.28. The van der Waals surface area contributed by atoms with Crippen molar-refractivity contribution >= 4 is 17.7 Å². The van der Waals surface area contributed by atoms with Crippen molar-refractivity contribution in [3.8, 4) is 0 Å². The summed E-state index contributed by atoms with van der Waals surface area (Å²) in [5, 5.41) is 8.89. The Hall–Kier alpha value is -2.17. The largest absolute Gasteiger partial charge is 0.481 e. The van der Waals surface area contributed by atoms with E-state index < -0.39 is 11.9 Å². The van der Waals surface area contributed by atoms with Crippen molar-refractivity contribution in [2.45, 2.75) is 58.3 Å². The van der Waals surface area contributed by atoms with Crippen LogP contribution in [-0.2, 0) is 16.0 Å². The fourth-order valence-electron chi connectivity index (χ4n) is 2.70. The molecule has 1 rings (SSSR count). The highest BCUT2D eigenvalue weighted by atomic mass is 16.4. The molecule has 26 heavy (non-hydrogen) atoms. The standard InChI is InChI=1S/C21H31NO4/c1-16(21(25)26)13-14-19(23)18-11-8-10-17(15-18)9-6-4-5-7-12-20(24)22(2)3/h8,10-11,15-16H,4-7,9,12-14H2,1-3H3,(H,25,26)/t16-/m0/s1. The van der Waals surface area contributed by atoms with E-state index in [1.54, 1.807) is 32.0 Å². The summed E-state index contributed by atoms with van der Waals surface area (Å²) >= 11 is 0. The number of carbonyl (C=O) groups excluding carboxylic acids is 2. The predicted molar refractivity (Wildman–Crippen MR) is 102 cm³/mol. The van der Waals surface area contributed by atoms with Gasteiger partial charge in [0.25, 0.3) is 0 Å². The van der Waals surface area contributed by atoms with E-state index in [1.807, 2.05) is 18.2 Å². The molecule has 0 aliphatic rings. The average Bonchev–Trinajstić information content (AvgIpc) is 2.61. The zero-order valence-electron chi connectivity index (χ0n) is 16.2. The Kier molecular flexibility index (Phi) is 9.63. The molecule has 0 radical (unpaired) electrons. The number of Topliss-reactive ketones (excluding diaryl/α,β-unsaturated/α-hetero) is 1. The van der Waals surface area contributed by atoms with Crippen LogP contribution in [0.2, 0.25) is 0 Å². The monoisotopic (exact) mass is 361 g/mol. The quantitative estimate of drug-likeness (QED) is 0.452. The number of hydrogen-bond donors (Lipinski definition) is 1. The molecule has 0 aromatic heterocycles. The molecule has 1 amide bonds. The topological polar surface area (TPSA) is 74.7 Å². The maximum atomic E-state index is 12.2. The van der Waals surface area contributed by atoms with E-state index in [-0.39, 0.29) is 18.1 Å². The molecule has 144 valence electrons. The Bertz CT molecular complexity index is 610. The summed E-state index contributed by atoms with van der Waals surface area (Å²) in [6, 6.07) is 7.62. The van der Waals surface area contributed by atoms with Gasteiger partial charge in [-0.25, -0.2) is 0 Å². The first-order valence-corrected chi connectivity index (χ1v) is 9.36. The van der Waals surface area contributed by atoms with E-state index in [4.69, 9.17) is 5.11 Å². The van der Waals surface area contributed by atoms with Crippen molar-refractivity contribution in [3.05, 3.63) is 35.4 Å². The fourth-order valence-corrected chi connectivity index (χ4v) is 2.70. The lowest BCUT2D eigenvalue weighted by Crippen LogP contribution is -2.20. The first kappa shape index (κ1) is 21.9. The second kappa shape index (κ2) is 11.4. The number of aryl methyl sites for hydroxylation is 1. The number of carboxylic acids is 1. The van der Waals surface area contributed by atoms with E-state index in [1.165, 1.54) is 0 Å². The van der Waals surface area contributed by atoms with Crippen molar-refractivity contribution in [1.82, 2.24) is 4.90 Å². The SMILES string of the molecule is C[C@@H](CCC(=O)c1cccc(CCCCCCC(=O)N(C)C)c1)C(=O)O. The maximum absolute atomic E-state index is 12.2. The zero-order chi connectivity index (χ0) is 19.5. The highest BCUT2D eigenvalue weighted by Crippen LogP contribution is 2.15. The molecule has 1 atom stereocenters. The van der Waals surface area contributed by atoms with Crippen LogP contribution in [0.3, 0.4) is 0 Å². The summed E-state index contributed by atoms with van der Waals surface area (Å²) in [7, 11) is 3.55. The number of hydrogen-bond acceptors (Lipinski definition) is 3. The molecular weight excluding hydrogens is 330 g/mol. The van der Waals surface area contributed by atoms with Crippen LogP contribution in [0.1, 0.15) is 67.8 Å². The van der Waals surface area contributed by atoms with Gasteiger partial charge in [-0.1, -0.05) is 38.0 Å². The molecule has 0 heterocycles. The molecule has 0 spiro atoms. The minimum absolute atomic E-state index is 0.00199. The molecule has 5 heteroatoms. The van der Waals surface area contributed by atoms with Gasteiger partial charge in [0.1, 0.15) is 0 Å². The molecule has 1 aromatic carbocycles. The van der Waals surface area contributed by atoms with Crippen molar-refractivity contribution in [2.75, 3.05) is 14.1 Å². The third-order valence-corrected chi connectivity index (χ3v) is 4.58. The molecule has 0 aliphatic heterocycles. The summed E-state index contributed by atoms with van der Waals surface area (Å²) in [4.78, 5) is 36.2. The second-order valence-corrected chi connectivity index (χ2v) is 7.10. The molecular formula is C21H31NO4. The molecule has 0 saturated heterocycles. The smallest absolute Gasteiger partial charge is 0.306 e. The number of carbonyl (C=O) groups is 3. The van der Waals surface area contributed by atoms with Gasteiger partial charge in [-0.05, 0) is 37.3 Å². The minimum Gasteiger partial charge on any atom is -0.481 e. The number of amides is 1. The Morgan fingerprint density at radius 3 is 2.38 bits per heavy atom. The molecule has 1 aromatic rings. The van der Waals surface area contributed by atoms with Gasteiger partial charge in [0, 0.05) is 32.5 Å². The second-order valence-electron chi connectivity index (χ2n) is 7.10. The lowest BCUT2D eigenvalue weighted by molar-refractivity contribution is -0.141. The Balaban J connectivity index is 2.34. The molecule has 1 N–H and O–H groups in total. The number of ketones is 1. The van der Waals surface area contributed by atoms with Gasteiger partial charge < -0.3 is 10.0 Å². The van der Waals surface area contributed by atoms with Crippen LogP contribution < -0.4 is 0 Å². The normalized spacial score (nSPS) is 11.8. The summed E-state index contributed by atoms with van der Waals surface area (Å²) < 4.78 is 0. The highest BCUT2D eigenvalue weighted by Gasteiger charge is 2.14. The van der Waals surface area contributed by atoms with Gasteiger partial charge >= 0.3 is 5.97 Å². The van der Waals surface area contributed by atoms with Gasteiger partial charge in [0.15, 0.2) is 5.78 Å². The molecule has 0 saturated carbocycles. The van der Waals surface area contributed by atoms with Crippen molar-refractivity contribution in [2.24, 2.45) is 5.92 Å². The van der Waals surface area contributed by atoms with Crippen LogP contribution in [0.4, 0.5) is 0 Å². The third-order valence-electron chi connectivity index (χ3n) is 4.58. The van der Waals surface area contributed by atoms with Crippen molar-refractivity contribution in [3.63, 3.8) is 0 Å². The predicted octanol–water partition coefficient (Wildman–Crippen LogP) is 3.95. The van der Waals surface area contributed by atoms with E-state index in [0.29, 0.717) is 18.4 Å². The molecule has 0 aliphatic carbocycles. The van der Waals surface area contributed by atoms with Gasteiger partial charge in [-0.15, -0.1) is 0 Å². The van der Waals surface area contributed by atoms with Crippen LogP contribution in [0.25, 0.3) is 0 Å². The molecule has 0 bridgehead atoms. The molecule has 0 fully saturated rings. The number of nitrogens with zero attached hydrogens (tertiary/aromatic N) is 1. The summed E-state index contributed by atoms with van der Waals surface area (Å²) in [5.41, 5.74) is 1.79. The van der Waals surface area contributed by atoms with Crippen LogP contribution in [-0.4, -0.2) is 41.8 Å². The van der Waals surface area contributed by atoms with Crippen LogP contribution in [0.15, 0.2) is 24.3 Å². The molecule has 5 nitrogen and oxygen atoms in total. The van der Waals surface area contributed by atoms with Crippen LogP contribution in [0, 0.1) is 5.92 Å². The van der Waals surface area contributed by atoms with E-state index in [9.17, 15) is 14.4 Å². The number of aliphatic carboxylic acids is 1. The Morgan fingerprint density at radius 2 is 1.73 bits per heavy atom. The lowest BCUT2D eigenvalue weighted by atomic mass is 9.97. The Labute approximate surface area is 156 Å². The fraction of sp³-hybridized carbons (Fsp3) is 0.571. The first-order valence-electron chi connectivity index (χ1n) is 9.36. The van der Waals surface area contributed by atoms with Gasteiger partial charge in [0.05, 0.1) is 5.92 Å². The zero-order valence-corrected chi connectivity index (χ0v) is 16.2. The van der Waals surface area contributed by atoms with Crippen molar-refractivity contribution < 1.29 is 19.5 Å². The number of unbranched alkanes of at least 4 members (excludes halogenated alkanes) is 3. The van der Waals surface area contributed by atoms with Gasteiger partial charge in [-0.3, -0.25) is 14.4 Å². The van der Waals surface area contributed by atoms with Gasteiger partial charge in [-0.2, -0.15) is 0 Å². The summed E-state index contributed by atoms with van der Waals surface area (Å²) in [6.45, 7) is 1.62. The lowest BCUT2D eigenvalue weighted by Gasteiger charge is -2.09. The molecule has 0 unspecified atom stereocenters. The van der Waals surface area contributed by atoms with Gasteiger partial charge in [0.2, 0.25) is 5.91 Å². The van der Waals surface area contributed by atoms with E-state index in [2.05, 4.69) is 0 Å². The summed E-state index contributed by atoms with van der Waals surface area (Å²) in [5.74, 6) is -1.18.